The van der Waals surface area contributed by atoms with Gasteiger partial charge in [0, 0.05) is 13.1 Å². The molecule has 29 heavy (non-hydrogen) atoms. The Morgan fingerprint density at radius 2 is 1.59 bits per heavy atom. The molecular weight excluding hydrogens is 366 g/mol. The number of amides is 1. The molecule has 1 fully saturated rings. The summed E-state index contributed by atoms with van der Waals surface area (Å²) in [5.41, 5.74) is 2.55. The molecular formula is C21H19N7O. The molecule has 1 amide bonds. The highest BCUT2D eigenvalue weighted by Gasteiger charge is 2.22. The van der Waals surface area contributed by atoms with Gasteiger partial charge in [0.05, 0.1) is 22.9 Å². The molecule has 4 aromatic rings. The summed E-state index contributed by atoms with van der Waals surface area (Å²) in [7, 11) is 0. The van der Waals surface area contributed by atoms with Gasteiger partial charge in [-0.25, -0.2) is 9.97 Å². The first-order chi connectivity index (χ1) is 14.3. The third kappa shape index (κ3) is 3.40. The maximum absolute atomic E-state index is 12.8. The van der Waals surface area contributed by atoms with Crippen LogP contribution in [0.1, 0.15) is 23.3 Å². The summed E-state index contributed by atoms with van der Waals surface area (Å²) in [5.74, 6) is 0.784. The van der Waals surface area contributed by atoms with Crippen LogP contribution in [0.3, 0.4) is 0 Å². The second-order valence-electron chi connectivity index (χ2n) is 6.89. The van der Waals surface area contributed by atoms with Gasteiger partial charge in [0.25, 0.3) is 5.91 Å². The number of para-hydroxylation sites is 3. The molecule has 1 aliphatic rings. The van der Waals surface area contributed by atoms with E-state index in [0.717, 1.165) is 42.7 Å². The van der Waals surface area contributed by atoms with Crippen LogP contribution in [0.2, 0.25) is 0 Å². The maximum atomic E-state index is 12.8. The predicted molar refractivity (Wildman–Crippen MR) is 110 cm³/mol. The lowest BCUT2D eigenvalue weighted by Gasteiger charge is -2.19. The van der Waals surface area contributed by atoms with Gasteiger partial charge in [-0.15, -0.1) is 5.10 Å². The van der Waals surface area contributed by atoms with Crippen LogP contribution in [-0.2, 0) is 0 Å². The number of aromatic nitrogens is 5. The molecule has 0 bridgehead atoms. The molecule has 1 aliphatic heterocycles. The number of anilines is 2. The van der Waals surface area contributed by atoms with E-state index in [4.69, 9.17) is 4.98 Å². The Bertz CT molecular complexity index is 1170. The normalized spacial score (nSPS) is 13.7. The predicted octanol–water partition coefficient (Wildman–Crippen LogP) is 3.06. The van der Waals surface area contributed by atoms with Crippen LogP contribution >= 0.6 is 0 Å². The monoisotopic (exact) mass is 385 g/mol. The van der Waals surface area contributed by atoms with Crippen LogP contribution in [0.25, 0.3) is 16.7 Å². The average Bonchev–Trinajstić information content (AvgIpc) is 3.46. The Morgan fingerprint density at radius 1 is 0.897 bits per heavy atom. The second-order valence-corrected chi connectivity index (χ2v) is 6.89. The van der Waals surface area contributed by atoms with E-state index >= 15 is 0 Å². The van der Waals surface area contributed by atoms with Gasteiger partial charge in [0.1, 0.15) is 0 Å². The first-order valence-electron chi connectivity index (χ1n) is 9.59. The molecule has 3 heterocycles. The lowest BCUT2D eigenvalue weighted by atomic mass is 10.3. The summed E-state index contributed by atoms with van der Waals surface area (Å²) < 4.78 is 0. The highest BCUT2D eigenvalue weighted by Crippen LogP contribution is 2.28. The van der Waals surface area contributed by atoms with Crippen LogP contribution in [0.5, 0.6) is 0 Å². The molecule has 8 heteroatoms. The molecule has 0 saturated carbocycles. The minimum Gasteiger partial charge on any atom is -0.354 e. The van der Waals surface area contributed by atoms with E-state index in [-0.39, 0.29) is 11.6 Å². The van der Waals surface area contributed by atoms with Gasteiger partial charge in [-0.1, -0.05) is 30.3 Å². The van der Waals surface area contributed by atoms with Crippen molar-refractivity contribution in [3.05, 3.63) is 66.5 Å². The van der Waals surface area contributed by atoms with Crippen molar-refractivity contribution in [3.8, 4) is 5.69 Å². The molecule has 2 aromatic carbocycles. The molecule has 8 nitrogen and oxygen atoms in total. The Morgan fingerprint density at radius 3 is 2.34 bits per heavy atom. The molecule has 1 saturated heterocycles. The van der Waals surface area contributed by atoms with E-state index in [1.165, 1.54) is 11.0 Å². The number of benzene rings is 2. The van der Waals surface area contributed by atoms with Crippen molar-refractivity contribution < 1.29 is 4.79 Å². The van der Waals surface area contributed by atoms with E-state index in [0.29, 0.717) is 11.6 Å². The highest BCUT2D eigenvalue weighted by molar-refractivity contribution is 6.04. The number of hydrogen-bond donors (Lipinski definition) is 1. The first kappa shape index (κ1) is 17.3. The highest BCUT2D eigenvalue weighted by atomic mass is 16.2. The molecule has 0 aliphatic carbocycles. The summed E-state index contributed by atoms with van der Waals surface area (Å²) >= 11 is 0. The SMILES string of the molecule is O=C(Nc1nc2ccccc2nc1N1CCCC1)c1cnn(-c2ccccc2)n1. The lowest BCUT2D eigenvalue weighted by molar-refractivity contribution is 0.102. The van der Waals surface area contributed by atoms with Crippen molar-refractivity contribution >= 4 is 28.6 Å². The average molecular weight is 385 g/mol. The second kappa shape index (κ2) is 7.31. The van der Waals surface area contributed by atoms with E-state index < -0.39 is 0 Å². The van der Waals surface area contributed by atoms with Crippen molar-refractivity contribution in [2.45, 2.75) is 12.8 Å². The summed E-state index contributed by atoms with van der Waals surface area (Å²) in [4.78, 5) is 25.9. The fraction of sp³-hybridized carbons (Fsp3) is 0.190. The quantitative estimate of drug-likeness (QED) is 0.581. The summed E-state index contributed by atoms with van der Waals surface area (Å²) in [6.45, 7) is 1.81. The van der Waals surface area contributed by atoms with Gasteiger partial charge in [0.2, 0.25) is 0 Å². The molecule has 1 N–H and O–H groups in total. The van der Waals surface area contributed by atoms with Crippen LogP contribution in [-0.4, -0.2) is 44.0 Å². The van der Waals surface area contributed by atoms with Crippen LogP contribution in [0.15, 0.2) is 60.8 Å². The van der Waals surface area contributed by atoms with Crippen molar-refractivity contribution in [2.75, 3.05) is 23.3 Å². The Kier molecular flexibility index (Phi) is 4.36. The number of rotatable bonds is 4. The topological polar surface area (TPSA) is 88.8 Å². The van der Waals surface area contributed by atoms with E-state index in [2.05, 4.69) is 25.4 Å². The van der Waals surface area contributed by atoms with Gasteiger partial charge in [0.15, 0.2) is 17.3 Å². The third-order valence-electron chi connectivity index (χ3n) is 4.90. The molecule has 0 unspecified atom stereocenters. The number of carbonyl (C=O) groups excluding carboxylic acids is 1. The lowest BCUT2D eigenvalue weighted by Crippen LogP contribution is -2.23. The zero-order chi connectivity index (χ0) is 19.6. The Balaban J connectivity index is 1.47. The Labute approximate surface area is 167 Å². The maximum Gasteiger partial charge on any atom is 0.279 e. The largest absolute Gasteiger partial charge is 0.354 e. The summed E-state index contributed by atoms with van der Waals surface area (Å²) in [6, 6.07) is 17.1. The van der Waals surface area contributed by atoms with Crippen LogP contribution in [0, 0.1) is 0 Å². The van der Waals surface area contributed by atoms with Crippen LogP contribution < -0.4 is 10.2 Å². The smallest absolute Gasteiger partial charge is 0.279 e. The minimum absolute atomic E-state index is 0.219. The molecule has 5 rings (SSSR count). The van der Waals surface area contributed by atoms with Gasteiger partial charge in [-0.05, 0) is 37.1 Å². The van der Waals surface area contributed by atoms with E-state index in [9.17, 15) is 4.79 Å². The van der Waals surface area contributed by atoms with Gasteiger partial charge in [-0.2, -0.15) is 9.90 Å². The van der Waals surface area contributed by atoms with Gasteiger partial charge in [-0.3, -0.25) is 4.79 Å². The number of fused-ring (bicyclic) bond motifs is 1. The molecule has 2 aromatic heterocycles. The minimum atomic E-state index is -0.364. The number of hydrogen-bond acceptors (Lipinski definition) is 6. The standard InChI is InChI=1S/C21H19N7O/c29-21(18-14-22-28(26-18)15-8-2-1-3-9-15)25-19-20(27-12-6-7-13-27)24-17-11-5-4-10-16(17)23-19/h1-5,8-11,14H,6-7,12-13H2,(H,23,25,29). The number of nitrogens with one attached hydrogen (secondary N) is 1. The van der Waals surface area contributed by atoms with E-state index in [1.807, 2.05) is 54.6 Å². The zero-order valence-corrected chi connectivity index (χ0v) is 15.7. The fourth-order valence-electron chi connectivity index (χ4n) is 3.45. The van der Waals surface area contributed by atoms with Crippen molar-refractivity contribution in [3.63, 3.8) is 0 Å². The van der Waals surface area contributed by atoms with E-state index in [1.54, 1.807) is 0 Å². The van der Waals surface area contributed by atoms with Crippen LogP contribution in [0.4, 0.5) is 11.6 Å². The van der Waals surface area contributed by atoms with Gasteiger partial charge >= 0.3 is 0 Å². The van der Waals surface area contributed by atoms with Gasteiger partial charge < -0.3 is 10.2 Å². The summed E-state index contributed by atoms with van der Waals surface area (Å²) in [5, 5.41) is 11.4. The zero-order valence-electron chi connectivity index (χ0n) is 15.7. The molecule has 0 radical (unpaired) electrons. The van der Waals surface area contributed by atoms with Crippen molar-refractivity contribution in [1.29, 1.82) is 0 Å². The number of carbonyl (C=O) groups is 1. The third-order valence-corrected chi connectivity index (χ3v) is 4.90. The summed E-state index contributed by atoms with van der Waals surface area (Å²) in [6.07, 6.45) is 3.66. The fourth-order valence-corrected chi connectivity index (χ4v) is 3.45. The first-order valence-corrected chi connectivity index (χ1v) is 9.59. The van der Waals surface area contributed by atoms with Crippen molar-refractivity contribution in [2.24, 2.45) is 0 Å². The Hall–Kier alpha value is -3.81. The van der Waals surface area contributed by atoms with Crippen molar-refractivity contribution in [1.82, 2.24) is 25.0 Å². The number of nitrogens with zero attached hydrogens (tertiary/aromatic N) is 6. The molecule has 0 spiro atoms. The molecule has 0 atom stereocenters. The molecule has 144 valence electrons.